The van der Waals surface area contributed by atoms with E-state index in [1.807, 2.05) is 53.4 Å². The smallest absolute Gasteiger partial charge is 0.304 e. The number of carbonyl (C=O) groups is 1. The molecule has 6 nitrogen and oxygen atoms in total. The van der Waals surface area contributed by atoms with Gasteiger partial charge in [-0.15, -0.1) is 0 Å². The Kier molecular flexibility index (Phi) is 4.90. The summed E-state index contributed by atoms with van der Waals surface area (Å²) in [7, 11) is 0. The second kappa shape index (κ2) is 7.34. The minimum Gasteiger partial charge on any atom is -0.481 e. The molecule has 2 aliphatic rings. The lowest BCUT2D eigenvalue weighted by molar-refractivity contribution is -0.141. The van der Waals surface area contributed by atoms with Crippen molar-refractivity contribution in [1.29, 1.82) is 0 Å². The molecule has 1 fully saturated rings. The van der Waals surface area contributed by atoms with Crippen LogP contribution in [0.3, 0.4) is 0 Å². The van der Waals surface area contributed by atoms with Crippen LogP contribution in [0.15, 0.2) is 65.7 Å². The summed E-state index contributed by atoms with van der Waals surface area (Å²) in [6.07, 6.45) is -0.135. The van der Waals surface area contributed by atoms with E-state index >= 15 is 0 Å². The lowest BCUT2D eigenvalue weighted by atomic mass is 9.95. The number of fused-ring (bicyclic) bond motifs is 1. The van der Waals surface area contributed by atoms with Crippen LogP contribution in [-0.4, -0.2) is 49.7 Å². The quantitative estimate of drug-likeness (QED) is 0.826. The van der Waals surface area contributed by atoms with Crippen LogP contribution < -0.4 is 0 Å². The molecular formula is C20H21N3O3S. The normalized spacial score (nSPS) is 25.1. The Balaban J connectivity index is 1.64. The highest BCUT2D eigenvalue weighted by atomic mass is 32.2. The molecule has 2 aliphatic heterocycles. The van der Waals surface area contributed by atoms with E-state index in [9.17, 15) is 15.0 Å². The molecule has 140 valence electrons. The van der Waals surface area contributed by atoms with Gasteiger partial charge in [0, 0.05) is 12.1 Å². The van der Waals surface area contributed by atoms with E-state index in [-0.39, 0.29) is 6.42 Å². The molecule has 2 heterocycles. The van der Waals surface area contributed by atoms with Gasteiger partial charge in [-0.25, -0.2) is 4.99 Å². The van der Waals surface area contributed by atoms with Gasteiger partial charge in [-0.2, -0.15) is 0 Å². The summed E-state index contributed by atoms with van der Waals surface area (Å²) in [5, 5.41) is 21.2. The van der Waals surface area contributed by atoms with Gasteiger partial charge in [0.2, 0.25) is 0 Å². The van der Waals surface area contributed by atoms with E-state index in [1.54, 1.807) is 0 Å². The van der Waals surface area contributed by atoms with Gasteiger partial charge in [0.05, 0.1) is 25.0 Å². The van der Waals surface area contributed by atoms with Crippen LogP contribution in [-0.2, 0) is 17.1 Å². The van der Waals surface area contributed by atoms with Crippen molar-refractivity contribution in [3.05, 3.63) is 71.8 Å². The Bertz CT molecular complexity index is 846. The fourth-order valence-electron chi connectivity index (χ4n) is 3.60. The van der Waals surface area contributed by atoms with Crippen LogP contribution >= 0.6 is 11.8 Å². The van der Waals surface area contributed by atoms with Gasteiger partial charge in [0.15, 0.2) is 10.9 Å². The number of amidine groups is 1. The first kappa shape index (κ1) is 18.0. The third kappa shape index (κ3) is 3.45. The summed E-state index contributed by atoms with van der Waals surface area (Å²) >= 11 is 1.35. The standard InChI is InChI=1S/C20H21N3O3S/c24-18(25)11-17-20(26,16-9-5-2-6-10-16)23-14-22(13-21-19(23)27-17)12-15-7-3-1-4-8-15/h1-10,17,26H,11-14H2,(H,24,25). The van der Waals surface area contributed by atoms with Gasteiger partial charge in [-0.05, 0) is 5.56 Å². The second-order valence-corrected chi connectivity index (χ2v) is 7.93. The Hall–Kier alpha value is -2.35. The third-order valence-electron chi connectivity index (χ3n) is 4.89. The van der Waals surface area contributed by atoms with Crippen molar-refractivity contribution in [2.45, 2.75) is 23.9 Å². The zero-order valence-electron chi connectivity index (χ0n) is 14.7. The predicted molar refractivity (Wildman–Crippen MR) is 105 cm³/mol. The number of nitrogens with zero attached hydrogens (tertiary/aromatic N) is 3. The molecule has 0 bridgehead atoms. The molecule has 2 aromatic rings. The number of hydrogen-bond acceptors (Lipinski definition) is 6. The number of carboxylic acid groups (broad SMARTS) is 1. The summed E-state index contributed by atoms with van der Waals surface area (Å²) in [5.74, 6) is -0.927. The van der Waals surface area contributed by atoms with Gasteiger partial charge in [-0.1, -0.05) is 72.4 Å². The minimum atomic E-state index is -1.40. The van der Waals surface area contributed by atoms with E-state index in [0.717, 1.165) is 0 Å². The highest BCUT2D eigenvalue weighted by Crippen LogP contribution is 2.47. The van der Waals surface area contributed by atoms with Gasteiger partial charge in [0.1, 0.15) is 0 Å². The summed E-state index contributed by atoms with van der Waals surface area (Å²) in [6.45, 7) is 1.73. The monoisotopic (exact) mass is 383 g/mol. The molecule has 7 heteroatoms. The van der Waals surface area contributed by atoms with Crippen LogP contribution in [0.25, 0.3) is 0 Å². The van der Waals surface area contributed by atoms with Crippen molar-refractivity contribution in [2.75, 3.05) is 13.3 Å². The van der Waals surface area contributed by atoms with E-state index < -0.39 is 16.9 Å². The molecule has 2 atom stereocenters. The zero-order chi connectivity index (χ0) is 18.9. The highest BCUT2D eigenvalue weighted by molar-refractivity contribution is 8.14. The van der Waals surface area contributed by atoms with Crippen molar-refractivity contribution in [3.63, 3.8) is 0 Å². The lowest BCUT2D eigenvalue weighted by Gasteiger charge is -2.42. The molecule has 27 heavy (non-hydrogen) atoms. The summed E-state index contributed by atoms with van der Waals surface area (Å²) in [6, 6.07) is 19.4. The predicted octanol–water partition coefficient (Wildman–Crippen LogP) is 2.51. The van der Waals surface area contributed by atoms with E-state index in [1.165, 1.54) is 17.3 Å². The number of carboxylic acids is 1. The van der Waals surface area contributed by atoms with Gasteiger partial charge >= 0.3 is 5.97 Å². The molecule has 0 aromatic heterocycles. The number of aliphatic hydroxyl groups is 1. The fraction of sp³-hybridized carbons (Fsp3) is 0.300. The third-order valence-corrected chi connectivity index (χ3v) is 6.23. The number of hydrogen-bond donors (Lipinski definition) is 2. The first-order chi connectivity index (χ1) is 13.1. The highest BCUT2D eigenvalue weighted by Gasteiger charge is 2.54. The average Bonchev–Trinajstić information content (AvgIpc) is 2.95. The van der Waals surface area contributed by atoms with Gasteiger partial charge < -0.3 is 15.1 Å². The average molecular weight is 383 g/mol. The van der Waals surface area contributed by atoms with Crippen LogP contribution in [0, 0.1) is 0 Å². The molecule has 2 aromatic carbocycles. The number of benzene rings is 2. The van der Waals surface area contributed by atoms with Crippen molar-refractivity contribution in [2.24, 2.45) is 4.99 Å². The van der Waals surface area contributed by atoms with Gasteiger partial charge in [0.25, 0.3) is 0 Å². The van der Waals surface area contributed by atoms with Crippen molar-refractivity contribution >= 4 is 22.9 Å². The maximum absolute atomic E-state index is 11.7. The fourth-order valence-corrected chi connectivity index (χ4v) is 4.96. The minimum absolute atomic E-state index is 0.135. The molecule has 2 unspecified atom stereocenters. The maximum atomic E-state index is 11.7. The van der Waals surface area contributed by atoms with Crippen LogP contribution in [0.2, 0.25) is 0 Å². The molecule has 0 radical (unpaired) electrons. The molecule has 2 N–H and O–H groups in total. The summed E-state index contributed by atoms with van der Waals surface area (Å²) in [5.41, 5.74) is 0.460. The number of thioether (sulfide) groups is 1. The van der Waals surface area contributed by atoms with Crippen molar-refractivity contribution < 1.29 is 15.0 Å². The molecule has 1 saturated heterocycles. The Labute approximate surface area is 162 Å². The van der Waals surface area contributed by atoms with E-state index in [2.05, 4.69) is 22.0 Å². The van der Waals surface area contributed by atoms with Gasteiger partial charge in [-0.3, -0.25) is 9.69 Å². The Morgan fingerprint density at radius 1 is 1.15 bits per heavy atom. The molecule has 0 spiro atoms. The lowest BCUT2D eigenvalue weighted by Crippen LogP contribution is -2.54. The summed E-state index contributed by atoms with van der Waals surface area (Å²) < 4.78 is 0. The first-order valence-electron chi connectivity index (χ1n) is 8.82. The van der Waals surface area contributed by atoms with Crippen molar-refractivity contribution in [1.82, 2.24) is 9.80 Å². The first-order valence-corrected chi connectivity index (χ1v) is 9.70. The molecular weight excluding hydrogens is 362 g/mol. The largest absolute Gasteiger partial charge is 0.481 e. The Morgan fingerprint density at radius 2 is 1.81 bits per heavy atom. The van der Waals surface area contributed by atoms with E-state index in [0.29, 0.717) is 30.6 Å². The Morgan fingerprint density at radius 3 is 2.48 bits per heavy atom. The number of aliphatic carboxylic acids is 1. The van der Waals surface area contributed by atoms with E-state index in [4.69, 9.17) is 0 Å². The second-order valence-electron chi connectivity index (χ2n) is 6.76. The van der Waals surface area contributed by atoms with Crippen LogP contribution in [0.1, 0.15) is 17.5 Å². The maximum Gasteiger partial charge on any atom is 0.304 e. The molecule has 4 rings (SSSR count). The summed E-state index contributed by atoms with van der Waals surface area (Å²) in [4.78, 5) is 20.0. The molecule has 0 aliphatic carbocycles. The molecule has 0 amide bonds. The number of aliphatic imine (C=N–C) groups is 1. The number of rotatable bonds is 5. The zero-order valence-corrected chi connectivity index (χ0v) is 15.5. The molecule has 0 saturated carbocycles. The van der Waals surface area contributed by atoms with Crippen molar-refractivity contribution in [3.8, 4) is 0 Å². The van der Waals surface area contributed by atoms with Crippen LogP contribution in [0.4, 0.5) is 0 Å². The van der Waals surface area contributed by atoms with Crippen LogP contribution in [0.5, 0.6) is 0 Å². The SMILES string of the molecule is O=C(O)CC1SC2=NCN(Cc3ccccc3)CN2C1(O)c1ccccc1. The topological polar surface area (TPSA) is 76.4 Å².